The topological polar surface area (TPSA) is 15.3 Å². The van der Waals surface area contributed by atoms with Crippen LogP contribution in [0, 0.1) is 11.7 Å². The summed E-state index contributed by atoms with van der Waals surface area (Å²) in [5, 5.41) is 3.46. The van der Waals surface area contributed by atoms with Crippen LogP contribution in [0.4, 0.5) is 4.39 Å². The lowest BCUT2D eigenvalue weighted by atomic mass is 9.99. The van der Waals surface area contributed by atoms with Gasteiger partial charge in [0.1, 0.15) is 5.82 Å². The van der Waals surface area contributed by atoms with Crippen LogP contribution in [-0.4, -0.2) is 43.9 Å². The van der Waals surface area contributed by atoms with Gasteiger partial charge in [-0.05, 0) is 63.2 Å². The molecule has 2 rings (SSSR count). The maximum absolute atomic E-state index is 12.8. The van der Waals surface area contributed by atoms with Gasteiger partial charge in [-0.15, -0.1) is 11.8 Å². The van der Waals surface area contributed by atoms with Gasteiger partial charge < -0.3 is 10.2 Å². The number of nitrogens with one attached hydrogen (secondary N) is 1. The van der Waals surface area contributed by atoms with Crippen molar-refractivity contribution in [1.82, 2.24) is 10.2 Å². The predicted molar refractivity (Wildman–Crippen MR) is 80.2 cm³/mol. The van der Waals surface area contributed by atoms with Gasteiger partial charge >= 0.3 is 0 Å². The molecule has 0 spiro atoms. The minimum absolute atomic E-state index is 0.161. The van der Waals surface area contributed by atoms with Crippen LogP contribution in [0.15, 0.2) is 29.2 Å². The van der Waals surface area contributed by atoms with Gasteiger partial charge in [0.25, 0.3) is 0 Å². The van der Waals surface area contributed by atoms with Crippen molar-refractivity contribution in [2.75, 3.05) is 39.0 Å². The summed E-state index contributed by atoms with van der Waals surface area (Å²) in [6.45, 7) is 4.60. The van der Waals surface area contributed by atoms with E-state index in [2.05, 4.69) is 17.3 Å². The van der Waals surface area contributed by atoms with Crippen LogP contribution in [0.1, 0.15) is 12.8 Å². The van der Waals surface area contributed by atoms with Crippen LogP contribution >= 0.6 is 11.8 Å². The summed E-state index contributed by atoms with van der Waals surface area (Å²) < 4.78 is 12.8. The third-order valence-electron chi connectivity index (χ3n) is 3.52. The minimum Gasteiger partial charge on any atom is -0.316 e. The van der Waals surface area contributed by atoms with Gasteiger partial charge in [0.2, 0.25) is 0 Å². The summed E-state index contributed by atoms with van der Waals surface area (Å²) in [5.41, 5.74) is 0. The van der Waals surface area contributed by atoms with Crippen molar-refractivity contribution < 1.29 is 4.39 Å². The van der Waals surface area contributed by atoms with Crippen molar-refractivity contribution in [2.45, 2.75) is 17.7 Å². The second kappa shape index (κ2) is 7.88. The molecule has 4 heteroatoms. The number of hydrogen-bond donors (Lipinski definition) is 1. The third kappa shape index (κ3) is 5.51. The molecule has 1 aromatic carbocycles. The Kier molecular flexibility index (Phi) is 6.14. The first kappa shape index (κ1) is 14.8. The Morgan fingerprint density at radius 1 is 1.37 bits per heavy atom. The first-order valence-electron chi connectivity index (χ1n) is 7.01. The lowest BCUT2D eigenvalue weighted by molar-refractivity contribution is 0.253. The molecule has 0 saturated carbocycles. The van der Waals surface area contributed by atoms with Crippen LogP contribution in [0.2, 0.25) is 0 Å². The monoisotopic (exact) mass is 282 g/mol. The van der Waals surface area contributed by atoms with E-state index in [1.54, 1.807) is 11.8 Å². The van der Waals surface area contributed by atoms with Gasteiger partial charge in [0.15, 0.2) is 0 Å². The highest BCUT2D eigenvalue weighted by Crippen LogP contribution is 2.18. The standard InChI is InChI=1S/C15H23FN2S/c1-18(12-13-3-2-8-17-11-13)9-10-19-15-6-4-14(16)5-7-15/h4-7,13,17H,2-3,8-12H2,1H3. The van der Waals surface area contributed by atoms with E-state index in [-0.39, 0.29) is 5.82 Å². The summed E-state index contributed by atoms with van der Waals surface area (Å²) in [5.74, 6) is 1.70. The van der Waals surface area contributed by atoms with E-state index in [0.29, 0.717) is 0 Å². The zero-order chi connectivity index (χ0) is 13.5. The predicted octanol–water partition coefficient (Wildman–Crippen LogP) is 2.85. The molecule has 1 N–H and O–H groups in total. The molecule has 0 amide bonds. The summed E-state index contributed by atoms with van der Waals surface area (Å²) in [4.78, 5) is 3.56. The summed E-state index contributed by atoms with van der Waals surface area (Å²) in [6, 6.07) is 6.76. The van der Waals surface area contributed by atoms with Crippen molar-refractivity contribution in [2.24, 2.45) is 5.92 Å². The van der Waals surface area contributed by atoms with Crippen LogP contribution in [-0.2, 0) is 0 Å². The highest BCUT2D eigenvalue weighted by Gasteiger charge is 2.14. The largest absolute Gasteiger partial charge is 0.316 e. The SMILES string of the molecule is CN(CCSc1ccc(F)cc1)CC1CCCNC1. The van der Waals surface area contributed by atoms with E-state index in [0.717, 1.165) is 29.7 Å². The Morgan fingerprint density at radius 3 is 2.84 bits per heavy atom. The maximum atomic E-state index is 12.8. The van der Waals surface area contributed by atoms with Gasteiger partial charge in [-0.2, -0.15) is 0 Å². The zero-order valence-corrected chi connectivity index (χ0v) is 12.4. The first-order chi connectivity index (χ1) is 9.24. The molecule has 1 aromatic rings. The number of thioether (sulfide) groups is 1. The number of nitrogens with zero attached hydrogens (tertiary/aromatic N) is 1. The van der Waals surface area contributed by atoms with E-state index in [4.69, 9.17) is 0 Å². The molecule has 2 nitrogen and oxygen atoms in total. The van der Waals surface area contributed by atoms with Gasteiger partial charge in [-0.3, -0.25) is 0 Å². The van der Waals surface area contributed by atoms with Crippen LogP contribution in [0.5, 0.6) is 0 Å². The van der Waals surface area contributed by atoms with E-state index in [1.807, 2.05) is 12.1 Å². The second-order valence-corrected chi connectivity index (χ2v) is 6.45. The molecule has 1 unspecified atom stereocenters. The summed E-state index contributed by atoms with van der Waals surface area (Å²) >= 11 is 1.80. The molecule has 0 radical (unpaired) electrons. The van der Waals surface area contributed by atoms with Crippen molar-refractivity contribution in [3.8, 4) is 0 Å². The molecule has 106 valence electrons. The minimum atomic E-state index is -0.161. The Hall–Kier alpha value is -0.580. The first-order valence-corrected chi connectivity index (χ1v) is 8.00. The molecular formula is C15H23FN2S. The maximum Gasteiger partial charge on any atom is 0.123 e. The van der Waals surface area contributed by atoms with Crippen LogP contribution < -0.4 is 5.32 Å². The molecule has 1 aliphatic rings. The Bertz CT molecular complexity index is 363. The van der Waals surface area contributed by atoms with Gasteiger partial charge in [0, 0.05) is 23.7 Å². The Balaban J connectivity index is 1.63. The molecule has 0 aromatic heterocycles. The highest BCUT2D eigenvalue weighted by molar-refractivity contribution is 7.99. The van der Waals surface area contributed by atoms with E-state index in [9.17, 15) is 4.39 Å². The number of hydrogen-bond acceptors (Lipinski definition) is 3. The van der Waals surface area contributed by atoms with Crippen molar-refractivity contribution in [3.05, 3.63) is 30.1 Å². The van der Waals surface area contributed by atoms with Crippen molar-refractivity contribution in [3.63, 3.8) is 0 Å². The second-order valence-electron chi connectivity index (χ2n) is 5.28. The number of halogens is 1. The lowest BCUT2D eigenvalue weighted by Crippen LogP contribution is -2.37. The fraction of sp³-hybridized carbons (Fsp3) is 0.600. The molecule has 1 heterocycles. The highest BCUT2D eigenvalue weighted by atomic mass is 32.2. The van der Waals surface area contributed by atoms with Crippen molar-refractivity contribution in [1.29, 1.82) is 0 Å². The molecule has 1 atom stereocenters. The van der Waals surface area contributed by atoms with Gasteiger partial charge in [0.05, 0.1) is 0 Å². The number of rotatable bonds is 6. The molecular weight excluding hydrogens is 259 g/mol. The number of piperidine rings is 1. The van der Waals surface area contributed by atoms with Crippen LogP contribution in [0.3, 0.4) is 0 Å². The average molecular weight is 282 g/mol. The van der Waals surface area contributed by atoms with E-state index in [1.165, 1.54) is 38.1 Å². The zero-order valence-electron chi connectivity index (χ0n) is 11.6. The Labute approximate surface area is 119 Å². The van der Waals surface area contributed by atoms with E-state index >= 15 is 0 Å². The Morgan fingerprint density at radius 2 is 2.16 bits per heavy atom. The normalized spacial score (nSPS) is 19.8. The average Bonchev–Trinajstić information content (AvgIpc) is 2.42. The molecule has 1 saturated heterocycles. The van der Waals surface area contributed by atoms with Crippen LogP contribution in [0.25, 0.3) is 0 Å². The molecule has 0 aliphatic carbocycles. The fourth-order valence-corrected chi connectivity index (χ4v) is 3.43. The quantitative estimate of drug-likeness (QED) is 0.808. The van der Waals surface area contributed by atoms with E-state index < -0.39 is 0 Å². The van der Waals surface area contributed by atoms with Crippen molar-refractivity contribution >= 4 is 11.8 Å². The summed E-state index contributed by atoms with van der Waals surface area (Å²) in [6.07, 6.45) is 2.66. The molecule has 1 fully saturated rings. The smallest absolute Gasteiger partial charge is 0.123 e. The molecule has 1 aliphatic heterocycles. The lowest BCUT2D eigenvalue weighted by Gasteiger charge is -2.27. The molecule has 0 bridgehead atoms. The van der Waals surface area contributed by atoms with Gasteiger partial charge in [-0.25, -0.2) is 4.39 Å². The molecule has 19 heavy (non-hydrogen) atoms. The fourth-order valence-electron chi connectivity index (χ4n) is 2.46. The third-order valence-corrected chi connectivity index (χ3v) is 4.52. The number of benzene rings is 1. The summed E-state index contributed by atoms with van der Waals surface area (Å²) in [7, 11) is 2.19. The van der Waals surface area contributed by atoms with Gasteiger partial charge in [-0.1, -0.05) is 0 Å².